The molecule has 0 aliphatic heterocycles. The lowest BCUT2D eigenvalue weighted by Gasteiger charge is -2.07. The van der Waals surface area contributed by atoms with E-state index in [4.69, 9.17) is 0 Å². The first-order chi connectivity index (χ1) is 9.06. The molecule has 0 fully saturated rings. The van der Waals surface area contributed by atoms with Crippen LogP contribution in [0.25, 0.3) is 11.3 Å². The third-order valence-electron chi connectivity index (χ3n) is 2.89. The van der Waals surface area contributed by atoms with Crippen LogP contribution in [0.2, 0.25) is 0 Å². The van der Waals surface area contributed by atoms with E-state index in [0.717, 1.165) is 18.8 Å². The summed E-state index contributed by atoms with van der Waals surface area (Å²) in [6, 6.07) is 8.51. The summed E-state index contributed by atoms with van der Waals surface area (Å²) >= 11 is 2.32. The molecule has 0 bridgehead atoms. The summed E-state index contributed by atoms with van der Waals surface area (Å²) in [4.78, 5) is 0. The van der Waals surface area contributed by atoms with E-state index >= 15 is 0 Å². The van der Waals surface area contributed by atoms with Gasteiger partial charge >= 0.3 is 0 Å². The lowest BCUT2D eigenvalue weighted by Crippen LogP contribution is -2.19. The Morgan fingerprint density at radius 1 is 1.26 bits per heavy atom. The predicted molar refractivity (Wildman–Crippen MR) is 87.9 cm³/mol. The molecule has 0 spiro atoms. The highest BCUT2D eigenvalue weighted by molar-refractivity contribution is 14.1. The number of aromatic nitrogens is 2. The molecule has 4 heteroatoms. The Morgan fingerprint density at radius 2 is 1.95 bits per heavy atom. The molecule has 0 aliphatic rings. The van der Waals surface area contributed by atoms with E-state index in [1.54, 1.807) is 0 Å². The van der Waals surface area contributed by atoms with Crippen molar-refractivity contribution in [2.75, 3.05) is 6.54 Å². The average Bonchev–Trinajstić information content (AvgIpc) is 2.71. The first kappa shape index (κ1) is 14.5. The smallest absolute Gasteiger partial charge is 0.0967 e. The van der Waals surface area contributed by atoms with E-state index in [-0.39, 0.29) is 0 Å². The second-order valence-electron chi connectivity index (χ2n) is 5.21. The fourth-order valence-corrected chi connectivity index (χ4v) is 2.37. The molecule has 1 heterocycles. The van der Waals surface area contributed by atoms with Gasteiger partial charge in [-0.1, -0.05) is 26.0 Å². The standard InChI is InChI=1S/C15H20IN3/c1-11(2)8-17-9-13-10-19(3)18-15(13)12-4-6-14(16)7-5-12/h4-7,10-11,17H,8-9H2,1-3H3. The summed E-state index contributed by atoms with van der Waals surface area (Å²) in [6.45, 7) is 6.33. The zero-order valence-corrected chi connectivity index (χ0v) is 13.8. The number of hydrogen-bond acceptors (Lipinski definition) is 2. The van der Waals surface area contributed by atoms with E-state index in [9.17, 15) is 0 Å². The van der Waals surface area contributed by atoms with Gasteiger partial charge in [0, 0.05) is 34.5 Å². The van der Waals surface area contributed by atoms with E-state index in [1.165, 1.54) is 14.7 Å². The Labute approximate surface area is 128 Å². The summed E-state index contributed by atoms with van der Waals surface area (Å²) in [7, 11) is 1.97. The Balaban J connectivity index is 2.18. The summed E-state index contributed by atoms with van der Waals surface area (Å²) < 4.78 is 3.14. The number of nitrogens with one attached hydrogen (secondary N) is 1. The third kappa shape index (κ3) is 4.04. The minimum atomic E-state index is 0.665. The van der Waals surface area contributed by atoms with Gasteiger partial charge < -0.3 is 5.32 Å². The highest BCUT2D eigenvalue weighted by atomic mass is 127. The van der Waals surface area contributed by atoms with Crippen molar-refractivity contribution in [2.45, 2.75) is 20.4 Å². The summed E-state index contributed by atoms with van der Waals surface area (Å²) in [5.41, 5.74) is 3.52. The first-order valence-electron chi connectivity index (χ1n) is 6.55. The second kappa shape index (κ2) is 6.52. The van der Waals surface area contributed by atoms with Crippen LogP contribution in [0.3, 0.4) is 0 Å². The van der Waals surface area contributed by atoms with Gasteiger partial charge in [-0.05, 0) is 47.2 Å². The molecular weight excluding hydrogens is 349 g/mol. The monoisotopic (exact) mass is 369 g/mol. The van der Waals surface area contributed by atoms with Crippen LogP contribution in [0.5, 0.6) is 0 Å². The second-order valence-corrected chi connectivity index (χ2v) is 6.45. The van der Waals surface area contributed by atoms with Crippen LogP contribution in [0.1, 0.15) is 19.4 Å². The van der Waals surface area contributed by atoms with Crippen molar-refractivity contribution < 1.29 is 0 Å². The van der Waals surface area contributed by atoms with Gasteiger partial charge in [-0.25, -0.2) is 0 Å². The van der Waals surface area contributed by atoms with Gasteiger partial charge in [-0.15, -0.1) is 0 Å². The van der Waals surface area contributed by atoms with Crippen molar-refractivity contribution in [2.24, 2.45) is 13.0 Å². The quantitative estimate of drug-likeness (QED) is 0.819. The molecule has 102 valence electrons. The van der Waals surface area contributed by atoms with E-state index in [2.05, 4.69) is 77.3 Å². The normalized spacial score (nSPS) is 11.2. The number of hydrogen-bond donors (Lipinski definition) is 1. The van der Waals surface area contributed by atoms with Crippen LogP contribution in [0.15, 0.2) is 30.5 Å². The molecule has 3 nitrogen and oxygen atoms in total. The van der Waals surface area contributed by atoms with Gasteiger partial charge in [0.2, 0.25) is 0 Å². The maximum absolute atomic E-state index is 4.58. The maximum Gasteiger partial charge on any atom is 0.0967 e. The fourth-order valence-electron chi connectivity index (χ4n) is 2.01. The minimum Gasteiger partial charge on any atom is -0.312 e. The Hall–Kier alpha value is -0.880. The molecular formula is C15H20IN3. The molecule has 2 rings (SSSR count). The number of aryl methyl sites for hydroxylation is 1. The number of nitrogens with zero attached hydrogens (tertiary/aromatic N) is 2. The fraction of sp³-hybridized carbons (Fsp3) is 0.400. The van der Waals surface area contributed by atoms with Crippen molar-refractivity contribution in [1.29, 1.82) is 0 Å². The topological polar surface area (TPSA) is 29.9 Å². The number of benzene rings is 1. The van der Waals surface area contributed by atoms with Crippen LogP contribution >= 0.6 is 22.6 Å². The zero-order valence-electron chi connectivity index (χ0n) is 11.7. The van der Waals surface area contributed by atoms with E-state index < -0.39 is 0 Å². The molecule has 1 aromatic heterocycles. The highest BCUT2D eigenvalue weighted by Gasteiger charge is 2.09. The first-order valence-corrected chi connectivity index (χ1v) is 7.63. The van der Waals surface area contributed by atoms with Crippen molar-refractivity contribution in [3.8, 4) is 11.3 Å². The lowest BCUT2D eigenvalue weighted by atomic mass is 10.1. The summed E-state index contributed by atoms with van der Waals surface area (Å²) in [5, 5.41) is 8.06. The Kier molecular flexibility index (Phi) is 4.99. The maximum atomic E-state index is 4.58. The molecule has 19 heavy (non-hydrogen) atoms. The van der Waals surface area contributed by atoms with Crippen molar-refractivity contribution in [3.05, 3.63) is 39.6 Å². The van der Waals surface area contributed by atoms with Crippen LogP contribution in [-0.2, 0) is 13.6 Å². The van der Waals surface area contributed by atoms with Gasteiger partial charge in [0.15, 0.2) is 0 Å². The molecule has 0 saturated heterocycles. The molecule has 1 N–H and O–H groups in total. The van der Waals surface area contributed by atoms with Crippen LogP contribution in [-0.4, -0.2) is 16.3 Å². The molecule has 0 amide bonds. The average molecular weight is 369 g/mol. The van der Waals surface area contributed by atoms with Crippen molar-refractivity contribution in [1.82, 2.24) is 15.1 Å². The Morgan fingerprint density at radius 3 is 2.58 bits per heavy atom. The van der Waals surface area contributed by atoms with Gasteiger partial charge in [-0.3, -0.25) is 4.68 Å². The number of halogens is 1. The minimum absolute atomic E-state index is 0.665. The van der Waals surface area contributed by atoms with Crippen LogP contribution < -0.4 is 5.32 Å². The molecule has 0 radical (unpaired) electrons. The predicted octanol–water partition coefficient (Wildman–Crippen LogP) is 3.44. The Bertz CT molecular complexity index is 529. The van der Waals surface area contributed by atoms with Gasteiger partial charge in [-0.2, -0.15) is 5.10 Å². The number of rotatable bonds is 5. The molecule has 0 aliphatic carbocycles. The van der Waals surface area contributed by atoms with Gasteiger partial charge in [0.05, 0.1) is 5.69 Å². The largest absolute Gasteiger partial charge is 0.312 e. The summed E-state index contributed by atoms with van der Waals surface area (Å²) in [6.07, 6.45) is 2.10. The SMILES string of the molecule is CC(C)CNCc1cn(C)nc1-c1ccc(I)cc1. The third-order valence-corrected chi connectivity index (χ3v) is 3.61. The van der Waals surface area contributed by atoms with E-state index in [1.807, 2.05) is 11.7 Å². The zero-order chi connectivity index (χ0) is 13.8. The van der Waals surface area contributed by atoms with Gasteiger partial charge in [0.1, 0.15) is 0 Å². The lowest BCUT2D eigenvalue weighted by molar-refractivity contribution is 0.552. The van der Waals surface area contributed by atoms with Crippen molar-refractivity contribution in [3.63, 3.8) is 0 Å². The molecule has 1 aromatic carbocycles. The summed E-state index contributed by atoms with van der Waals surface area (Å²) in [5.74, 6) is 0.665. The molecule has 0 unspecified atom stereocenters. The molecule has 2 aromatic rings. The molecule has 0 saturated carbocycles. The molecule has 0 atom stereocenters. The van der Waals surface area contributed by atoms with Crippen LogP contribution in [0.4, 0.5) is 0 Å². The van der Waals surface area contributed by atoms with Crippen LogP contribution in [0, 0.1) is 9.49 Å². The van der Waals surface area contributed by atoms with Gasteiger partial charge in [0.25, 0.3) is 0 Å². The highest BCUT2D eigenvalue weighted by Crippen LogP contribution is 2.22. The van der Waals surface area contributed by atoms with E-state index in [0.29, 0.717) is 5.92 Å². The van der Waals surface area contributed by atoms with Crippen molar-refractivity contribution >= 4 is 22.6 Å².